The summed E-state index contributed by atoms with van der Waals surface area (Å²) in [7, 11) is -2.24. The number of nitrogens with one attached hydrogen (secondary N) is 1. The van der Waals surface area contributed by atoms with Gasteiger partial charge in [0.05, 0.1) is 10.6 Å². The highest BCUT2D eigenvalue weighted by Crippen LogP contribution is 2.40. The van der Waals surface area contributed by atoms with Crippen LogP contribution in [-0.2, 0) is 14.8 Å². The largest absolute Gasteiger partial charge is 0.302 e. The number of carbonyl (C=O) groups is 1. The fourth-order valence-electron chi connectivity index (χ4n) is 2.46. The van der Waals surface area contributed by atoms with Crippen LogP contribution < -0.4 is 5.32 Å². The Morgan fingerprint density at radius 1 is 1.35 bits per heavy atom. The van der Waals surface area contributed by atoms with Crippen LogP contribution in [0.1, 0.15) is 37.3 Å². The van der Waals surface area contributed by atoms with Gasteiger partial charge in [0, 0.05) is 31.3 Å². The predicted octanol–water partition coefficient (Wildman–Crippen LogP) is 3.20. The quantitative estimate of drug-likeness (QED) is 0.742. The second-order valence-electron chi connectivity index (χ2n) is 6.28. The number of anilines is 1. The third kappa shape index (κ3) is 4.66. The van der Waals surface area contributed by atoms with Gasteiger partial charge in [0.15, 0.2) is 5.13 Å². The Morgan fingerprint density at radius 2 is 2.04 bits per heavy atom. The molecule has 0 atom stereocenters. The van der Waals surface area contributed by atoms with Gasteiger partial charge in [-0.25, -0.2) is 22.1 Å². The molecule has 1 heterocycles. The fourth-order valence-corrected chi connectivity index (χ4v) is 4.48. The molecule has 1 N–H and O–H groups in total. The standard InChI is InChI=1S/C17H20FN3O3S2/c1-21(26(23,24)14-8-6-13(18)7-9-14)10-2-3-16(22)20-17-19-15(11-25-17)12-4-5-12/h6-9,11-12H,2-5,10H2,1H3,(H,19,20,22). The Kier molecular flexibility index (Phi) is 5.69. The maximum atomic E-state index is 12.9. The number of thiazole rings is 1. The third-order valence-electron chi connectivity index (χ3n) is 4.16. The molecule has 1 fully saturated rings. The van der Waals surface area contributed by atoms with E-state index in [0.717, 1.165) is 30.7 Å². The van der Waals surface area contributed by atoms with Crippen molar-refractivity contribution in [2.75, 3.05) is 18.9 Å². The number of halogens is 1. The van der Waals surface area contributed by atoms with Gasteiger partial charge >= 0.3 is 0 Å². The first-order valence-electron chi connectivity index (χ1n) is 8.33. The molecule has 1 aliphatic rings. The molecule has 1 aromatic carbocycles. The molecule has 9 heteroatoms. The first kappa shape index (κ1) is 18.9. The number of nitrogens with zero attached hydrogens (tertiary/aromatic N) is 2. The van der Waals surface area contributed by atoms with Crippen molar-refractivity contribution in [3.05, 3.63) is 41.2 Å². The summed E-state index contributed by atoms with van der Waals surface area (Å²) in [5.74, 6) is -0.133. The summed E-state index contributed by atoms with van der Waals surface area (Å²) in [6, 6.07) is 4.68. The Labute approximate surface area is 156 Å². The third-order valence-corrected chi connectivity index (χ3v) is 6.81. The molecule has 1 saturated carbocycles. The van der Waals surface area contributed by atoms with Crippen molar-refractivity contribution < 1.29 is 17.6 Å². The van der Waals surface area contributed by atoms with E-state index in [-0.39, 0.29) is 23.8 Å². The lowest BCUT2D eigenvalue weighted by atomic mass is 10.3. The zero-order valence-corrected chi connectivity index (χ0v) is 15.9. The van der Waals surface area contributed by atoms with Crippen LogP contribution in [0.3, 0.4) is 0 Å². The van der Waals surface area contributed by atoms with Gasteiger partial charge in [0.2, 0.25) is 15.9 Å². The molecule has 0 radical (unpaired) electrons. The van der Waals surface area contributed by atoms with Crippen molar-refractivity contribution in [1.29, 1.82) is 0 Å². The van der Waals surface area contributed by atoms with E-state index in [1.807, 2.05) is 5.38 Å². The first-order valence-corrected chi connectivity index (χ1v) is 10.7. The van der Waals surface area contributed by atoms with E-state index in [4.69, 9.17) is 0 Å². The van der Waals surface area contributed by atoms with Crippen molar-refractivity contribution >= 4 is 32.4 Å². The molecule has 0 unspecified atom stereocenters. The number of hydrogen-bond acceptors (Lipinski definition) is 5. The molecule has 140 valence electrons. The normalized spacial score (nSPS) is 14.6. The van der Waals surface area contributed by atoms with Crippen LogP contribution in [0.4, 0.5) is 9.52 Å². The van der Waals surface area contributed by atoms with Crippen molar-refractivity contribution in [3.63, 3.8) is 0 Å². The molecule has 26 heavy (non-hydrogen) atoms. The summed E-state index contributed by atoms with van der Waals surface area (Å²) in [5.41, 5.74) is 1.04. The molecule has 0 spiro atoms. The minimum atomic E-state index is -3.69. The highest BCUT2D eigenvalue weighted by Gasteiger charge is 2.26. The first-order chi connectivity index (χ1) is 12.4. The SMILES string of the molecule is CN(CCCC(=O)Nc1nc(C2CC2)cs1)S(=O)(=O)c1ccc(F)cc1. The van der Waals surface area contributed by atoms with Crippen molar-refractivity contribution in [2.24, 2.45) is 0 Å². The number of carbonyl (C=O) groups excluding carboxylic acids is 1. The van der Waals surface area contributed by atoms with E-state index in [1.54, 1.807) is 0 Å². The van der Waals surface area contributed by atoms with Gasteiger partial charge in [-0.1, -0.05) is 0 Å². The average molecular weight is 397 g/mol. The molecule has 1 amide bonds. The fraction of sp³-hybridized carbons (Fsp3) is 0.412. The number of hydrogen-bond donors (Lipinski definition) is 1. The van der Waals surface area contributed by atoms with Gasteiger partial charge in [-0.2, -0.15) is 0 Å². The molecule has 1 aromatic heterocycles. The van der Waals surface area contributed by atoms with E-state index in [0.29, 0.717) is 17.5 Å². The summed E-state index contributed by atoms with van der Waals surface area (Å²) >= 11 is 1.41. The molecule has 3 rings (SSSR count). The second-order valence-corrected chi connectivity index (χ2v) is 9.19. The zero-order valence-electron chi connectivity index (χ0n) is 14.3. The number of amides is 1. The predicted molar refractivity (Wildman–Crippen MR) is 98.2 cm³/mol. The number of benzene rings is 1. The molecule has 2 aromatic rings. The topological polar surface area (TPSA) is 79.4 Å². The minimum absolute atomic E-state index is 0.0289. The summed E-state index contributed by atoms with van der Waals surface area (Å²) in [4.78, 5) is 16.4. The molecule has 1 aliphatic carbocycles. The van der Waals surface area contributed by atoms with Gasteiger partial charge < -0.3 is 5.32 Å². The van der Waals surface area contributed by atoms with E-state index < -0.39 is 15.8 Å². The van der Waals surface area contributed by atoms with Gasteiger partial charge in [0.1, 0.15) is 5.82 Å². The smallest absolute Gasteiger partial charge is 0.242 e. The summed E-state index contributed by atoms with van der Waals surface area (Å²) in [6.07, 6.45) is 2.89. The van der Waals surface area contributed by atoms with E-state index >= 15 is 0 Å². The second kappa shape index (κ2) is 7.81. The van der Waals surface area contributed by atoms with Crippen LogP contribution in [0.2, 0.25) is 0 Å². The van der Waals surface area contributed by atoms with E-state index in [2.05, 4.69) is 10.3 Å². The van der Waals surface area contributed by atoms with Crippen molar-refractivity contribution in [3.8, 4) is 0 Å². The lowest BCUT2D eigenvalue weighted by Gasteiger charge is -2.16. The van der Waals surface area contributed by atoms with Crippen LogP contribution in [-0.4, -0.2) is 37.2 Å². The zero-order chi connectivity index (χ0) is 18.7. The minimum Gasteiger partial charge on any atom is -0.302 e. The molecule has 0 saturated heterocycles. The molecule has 0 bridgehead atoms. The van der Waals surface area contributed by atoms with E-state index in [1.165, 1.54) is 34.8 Å². The van der Waals surface area contributed by atoms with Crippen molar-refractivity contribution in [2.45, 2.75) is 36.5 Å². The molecule has 6 nitrogen and oxygen atoms in total. The summed E-state index contributed by atoms with van der Waals surface area (Å²) < 4.78 is 38.9. The average Bonchev–Trinajstić information content (AvgIpc) is 3.35. The Hall–Kier alpha value is -1.84. The van der Waals surface area contributed by atoms with Gasteiger partial charge in [0.25, 0.3) is 0 Å². The lowest BCUT2D eigenvalue weighted by molar-refractivity contribution is -0.116. The van der Waals surface area contributed by atoms with Crippen LogP contribution in [0.15, 0.2) is 34.5 Å². The van der Waals surface area contributed by atoms with Gasteiger partial charge in [-0.05, 0) is 43.5 Å². The number of rotatable bonds is 8. The highest BCUT2D eigenvalue weighted by molar-refractivity contribution is 7.89. The number of aromatic nitrogens is 1. The van der Waals surface area contributed by atoms with Gasteiger partial charge in [-0.3, -0.25) is 4.79 Å². The summed E-state index contributed by atoms with van der Waals surface area (Å²) in [6.45, 7) is 0.193. The van der Waals surface area contributed by atoms with Crippen LogP contribution in [0.25, 0.3) is 0 Å². The molecule has 0 aliphatic heterocycles. The maximum Gasteiger partial charge on any atom is 0.242 e. The lowest BCUT2D eigenvalue weighted by Crippen LogP contribution is -2.28. The van der Waals surface area contributed by atoms with Crippen LogP contribution >= 0.6 is 11.3 Å². The summed E-state index contributed by atoms with van der Waals surface area (Å²) in [5, 5.41) is 5.31. The Balaban J connectivity index is 1.46. The van der Waals surface area contributed by atoms with Crippen LogP contribution in [0, 0.1) is 5.82 Å². The molecular formula is C17H20FN3O3S2. The van der Waals surface area contributed by atoms with E-state index in [9.17, 15) is 17.6 Å². The monoisotopic (exact) mass is 397 g/mol. The Bertz CT molecular complexity index is 877. The Morgan fingerprint density at radius 3 is 2.69 bits per heavy atom. The maximum absolute atomic E-state index is 12.9. The highest BCUT2D eigenvalue weighted by atomic mass is 32.2. The van der Waals surface area contributed by atoms with Crippen LogP contribution in [0.5, 0.6) is 0 Å². The van der Waals surface area contributed by atoms with Gasteiger partial charge in [-0.15, -0.1) is 11.3 Å². The number of sulfonamides is 1. The van der Waals surface area contributed by atoms with Crippen molar-refractivity contribution in [1.82, 2.24) is 9.29 Å². The molecular weight excluding hydrogens is 377 g/mol.